The molecule has 2 heterocycles. The van der Waals surface area contributed by atoms with Gasteiger partial charge in [0.25, 0.3) is 0 Å². The van der Waals surface area contributed by atoms with E-state index in [-0.39, 0.29) is 0 Å². The summed E-state index contributed by atoms with van der Waals surface area (Å²) >= 11 is 7.48. The van der Waals surface area contributed by atoms with Crippen LogP contribution in [0.2, 0.25) is 5.15 Å². The van der Waals surface area contributed by atoms with Crippen LogP contribution in [0.1, 0.15) is 13.3 Å². The molecule has 0 bridgehead atoms. The molecule has 1 fully saturated rings. The minimum Gasteiger partial charge on any atom is -0.347 e. The molecule has 0 unspecified atom stereocenters. The van der Waals surface area contributed by atoms with Crippen molar-refractivity contribution < 1.29 is 0 Å². The number of hydrogen-bond acceptors (Lipinski definition) is 4. The molecule has 5 heteroatoms. The third-order valence-electron chi connectivity index (χ3n) is 2.77. The van der Waals surface area contributed by atoms with Crippen molar-refractivity contribution in [3.63, 3.8) is 0 Å². The van der Waals surface area contributed by atoms with Gasteiger partial charge < -0.3 is 9.80 Å². The molecule has 1 aliphatic rings. The Bertz CT molecular complexity index is 315. The van der Waals surface area contributed by atoms with Crippen LogP contribution < -0.4 is 4.90 Å². The molecule has 1 saturated heterocycles. The average molecular weight is 246 g/mol. The Kier molecular flexibility index (Phi) is 3.83. The lowest BCUT2D eigenvalue weighted by atomic mass is 10.4. The van der Waals surface area contributed by atoms with E-state index in [2.05, 4.69) is 21.7 Å². The van der Waals surface area contributed by atoms with Crippen molar-refractivity contribution in [3.8, 4) is 0 Å². The number of aromatic nitrogens is 1. The van der Waals surface area contributed by atoms with E-state index in [4.69, 9.17) is 11.6 Å². The number of hydrogen-bond donors (Lipinski definition) is 0. The van der Waals surface area contributed by atoms with Crippen LogP contribution in [0.5, 0.6) is 0 Å². The summed E-state index contributed by atoms with van der Waals surface area (Å²) in [5, 5.41) is 3.59. The number of nitrogens with zero attached hydrogens (tertiary/aromatic N) is 3. The first-order valence-corrected chi connectivity index (χ1v) is 6.63. The maximum atomic E-state index is 5.84. The lowest BCUT2D eigenvalue weighted by molar-refractivity contribution is 0.310. The summed E-state index contributed by atoms with van der Waals surface area (Å²) in [5.41, 5.74) is 0. The molecular formula is C10H16ClN3S. The van der Waals surface area contributed by atoms with Gasteiger partial charge in [-0.1, -0.05) is 18.5 Å². The lowest BCUT2D eigenvalue weighted by Gasteiger charge is -2.20. The van der Waals surface area contributed by atoms with Gasteiger partial charge in [-0.3, -0.25) is 0 Å². The van der Waals surface area contributed by atoms with Crippen molar-refractivity contribution in [3.05, 3.63) is 10.5 Å². The van der Waals surface area contributed by atoms with Crippen molar-refractivity contribution in [2.45, 2.75) is 13.3 Å². The summed E-state index contributed by atoms with van der Waals surface area (Å²) in [4.78, 5) is 9.14. The van der Waals surface area contributed by atoms with Gasteiger partial charge in [0, 0.05) is 25.0 Å². The predicted molar refractivity (Wildman–Crippen MR) is 66.1 cm³/mol. The maximum Gasteiger partial charge on any atom is 0.186 e. The first-order valence-electron chi connectivity index (χ1n) is 5.38. The summed E-state index contributed by atoms with van der Waals surface area (Å²) in [6.07, 6.45) is 1.21. The van der Waals surface area contributed by atoms with Crippen molar-refractivity contribution in [1.29, 1.82) is 0 Å². The quantitative estimate of drug-likeness (QED) is 0.797. The zero-order valence-electron chi connectivity index (χ0n) is 8.95. The number of halogens is 1. The summed E-state index contributed by atoms with van der Waals surface area (Å²) in [5.74, 6) is 0. The standard InChI is InChI=1S/C10H16ClN3S/c1-2-13-4-3-5-14(7-6-13)10-12-9(11)8-15-10/h8H,2-7H2,1H3. The van der Waals surface area contributed by atoms with E-state index in [1.165, 1.54) is 13.0 Å². The van der Waals surface area contributed by atoms with Crippen LogP contribution in [-0.2, 0) is 0 Å². The normalized spacial score (nSPS) is 19.2. The molecule has 0 aliphatic carbocycles. The smallest absolute Gasteiger partial charge is 0.186 e. The molecule has 15 heavy (non-hydrogen) atoms. The monoisotopic (exact) mass is 245 g/mol. The molecule has 3 nitrogen and oxygen atoms in total. The highest BCUT2D eigenvalue weighted by molar-refractivity contribution is 7.14. The molecule has 0 spiro atoms. The summed E-state index contributed by atoms with van der Waals surface area (Å²) in [7, 11) is 0. The number of likely N-dealkylation sites (N-methyl/N-ethyl adjacent to an activating group) is 1. The van der Waals surface area contributed by atoms with Crippen molar-refractivity contribution >= 4 is 28.1 Å². The lowest BCUT2D eigenvalue weighted by Crippen LogP contribution is -2.30. The fourth-order valence-corrected chi connectivity index (χ4v) is 2.87. The Morgan fingerprint density at radius 3 is 2.93 bits per heavy atom. The minimum atomic E-state index is 0.617. The Morgan fingerprint density at radius 1 is 1.40 bits per heavy atom. The van der Waals surface area contributed by atoms with Gasteiger partial charge in [-0.25, -0.2) is 4.98 Å². The van der Waals surface area contributed by atoms with E-state index in [0.29, 0.717) is 5.15 Å². The van der Waals surface area contributed by atoms with E-state index >= 15 is 0 Å². The Morgan fingerprint density at radius 2 is 2.27 bits per heavy atom. The maximum absolute atomic E-state index is 5.84. The van der Waals surface area contributed by atoms with Gasteiger partial charge in [0.1, 0.15) is 5.15 Å². The highest BCUT2D eigenvalue weighted by Gasteiger charge is 2.15. The molecule has 0 N–H and O–H groups in total. The van der Waals surface area contributed by atoms with Gasteiger partial charge in [-0.2, -0.15) is 0 Å². The largest absolute Gasteiger partial charge is 0.347 e. The van der Waals surface area contributed by atoms with Gasteiger partial charge in [0.2, 0.25) is 0 Å². The molecule has 0 amide bonds. The molecule has 1 aromatic rings. The third-order valence-corrected chi connectivity index (χ3v) is 3.99. The molecule has 0 saturated carbocycles. The average Bonchev–Trinajstić information content (AvgIpc) is 2.54. The second kappa shape index (κ2) is 5.14. The highest BCUT2D eigenvalue weighted by atomic mass is 35.5. The van der Waals surface area contributed by atoms with E-state index in [1.54, 1.807) is 11.3 Å². The molecule has 2 rings (SSSR count). The topological polar surface area (TPSA) is 19.4 Å². The Labute approximate surface area is 99.7 Å². The van der Waals surface area contributed by atoms with Crippen LogP contribution in [0, 0.1) is 0 Å². The van der Waals surface area contributed by atoms with Gasteiger partial charge in [-0.15, -0.1) is 11.3 Å². The SMILES string of the molecule is CCN1CCCN(c2nc(Cl)cs2)CC1. The third kappa shape index (κ3) is 2.83. The predicted octanol–water partition coefficient (Wildman–Crippen LogP) is 2.33. The van der Waals surface area contributed by atoms with Gasteiger partial charge >= 0.3 is 0 Å². The number of anilines is 1. The molecule has 1 aliphatic heterocycles. The fourth-order valence-electron chi connectivity index (χ4n) is 1.87. The highest BCUT2D eigenvalue weighted by Crippen LogP contribution is 2.24. The second-order valence-corrected chi connectivity index (χ2v) is 4.95. The van der Waals surface area contributed by atoms with Crippen LogP contribution in [0.4, 0.5) is 5.13 Å². The van der Waals surface area contributed by atoms with E-state index in [9.17, 15) is 0 Å². The van der Waals surface area contributed by atoms with E-state index < -0.39 is 0 Å². The first-order chi connectivity index (χ1) is 7.29. The van der Waals surface area contributed by atoms with Crippen molar-refractivity contribution in [2.75, 3.05) is 37.6 Å². The molecule has 1 aromatic heterocycles. The molecule has 0 aromatic carbocycles. The summed E-state index contributed by atoms with van der Waals surface area (Å²) in [6, 6.07) is 0. The second-order valence-electron chi connectivity index (χ2n) is 3.73. The molecule has 0 radical (unpaired) electrons. The van der Waals surface area contributed by atoms with Crippen LogP contribution in [0.3, 0.4) is 0 Å². The van der Waals surface area contributed by atoms with Gasteiger partial charge in [0.15, 0.2) is 5.13 Å². The molecule has 84 valence electrons. The van der Waals surface area contributed by atoms with Gasteiger partial charge in [0.05, 0.1) is 0 Å². The molecule has 0 atom stereocenters. The zero-order valence-corrected chi connectivity index (χ0v) is 10.5. The Balaban J connectivity index is 1.99. The summed E-state index contributed by atoms with van der Waals surface area (Å²) < 4.78 is 0. The van der Waals surface area contributed by atoms with Crippen LogP contribution in [-0.4, -0.2) is 42.6 Å². The van der Waals surface area contributed by atoms with Gasteiger partial charge in [-0.05, 0) is 19.5 Å². The van der Waals surface area contributed by atoms with Crippen LogP contribution in [0.25, 0.3) is 0 Å². The van der Waals surface area contributed by atoms with E-state index in [0.717, 1.165) is 31.3 Å². The minimum absolute atomic E-state index is 0.617. The zero-order chi connectivity index (χ0) is 10.7. The van der Waals surface area contributed by atoms with Crippen LogP contribution in [0.15, 0.2) is 5.38 Å². The number of rotatable bonds is 2. The first kappa shape index (κ1) is 11.2. The Hall–Kier alpha value is -0.320. The number of thiazole rings is 1. The molecular weight excluding hydrogens is 230 g/mol. The van der Waals surface area contributed by atoms with Crippen molar-refractivity contribution in [1.82, 2.24) is 9.88 Å². The van der Waals surface area contributed by atoms with Crippen LogP contribution >= 0.6 is 22.9 Å². The fraction of sp³-hybridized carbons (Fsp3) is 0.700. The van der Waals surface area contributed by atoms with E-state index in [1.807, 2.05) is 5.38 Å². The van der Waals surface area contributed by atoms with Crippen molar-refractivity contribution in [2.24, 2.45) is 0 Å². The summed E-state index contributed by atoms with van der Waals surface area (Å²) in [6.45, 7) is 7.86.